The minimum absolute atomic E-state index is 0.542. The van der Waals surface area contributed by atoms with Gasteiger partial charge < -0.3 is 18.5 Å². The molecule has 0 radical (unpaired) electrons. The Bertz CT molecular complexity index is 430. The zero-order valence-electron chi connectivity index (χ0n) is 8.70. The van der Waals surface area contributed by atoms with Crippen LogP contribution in [0.2, 0.25) is 0 Å². The van der Waals surface area contributed by atoms with Crippen molar-refractivity contribution in [3.63, 3.8) is 0 Å². The molecule has 3 rings (SSSR count). The van der Waals surface area contributed by atoms with Gasteiger partial charge in [-0.2, -0.15) is 0 Å². The summed E-state index contributed by atoms with van der Waals surface area (Å²) in [5, 5.41) is 0. The fourth-order valence-corrected chi connectivity index (χ4v) is 1.88. The number of imidazole rings is 1. The third kappa shape index (κ3) is 1.54. The van der Waals surface area contributed by atoms with E-state index in [1.54, 1.807) is 18.8 Å². The van der Waals surface area contributed by atoms with E-state index in [4.69, 9.17) is 13.9 Å². The number of hydrogen-bond acceptors (Lipinski definition) is 4. The Morgan fingerprint density at radius 3 is 2.88 bits per heavy atom. The summed E-state index contributed by atoms with van der Waals surface area (Å²) in [5.74, 6) is -0.108. The average molecular weight is 220 g/mol. The molecule has 84 valence electrons. The molecule has 5 heteroatoms. The number of furan rings is 1. The van der Waals surface area contributed by atoms with E-state index in [0.29, 0.717) is 25.5 Å². The highest BCUT2D eigenvalue weighted by atomic mass is 16.7. The zero-order valence-corrected chi connectivity index (χ0v) is 8.70. The van der Waals surface area contributed by atoms with Crippen molar-refractivity contribution in [1.29, 1.82) is 0 Å². The second-order valence-corrected chi connectivity index (χ2v) is 3.66. The molecule has 0 aliphatic carbocycles. The van der Waals surface area contributed by atoms with E-state index in [1.807, 2.05) is 22.9 Å². The van der Waals surface area contributed by atoms with Crippen LogP contribution in [-0.2, 0) is 21.8 Å². The summed E-state index contributed by atoms with van der Waals surface area (Å²) >= 11 is 0. The molecule has 0 atom stereocenters. The van der Waals surface area contributed by atoms with Gasteiger partial charge in [-0.25, -0.2) is 4.98 Å². The summed E-state index contributed by atoms with van der Waals surface area (Å²) in [6.45, 7) is 1.70. The lowest BCUT2D eigenvalue weighted by atomic mass is 10.2. The van der Waals surface area contributed by atoms with Gasteiger partial charge in [0.25, 0.3) is 0 Å². The normalized spacial score (nSPS) is 19.0. The second kappa shape index (κ2) is 3.77. The molecular weight excluding hydrogens is 208 g/mol. The molecule has 0 unspecified atom stereocenters. The first-order chi connectivity index (χ1) is 7.89. The van der Waals surface area contributed by atoms with E-state index in [-0.39, 0.29) is 0 Å². The Kier molecular flexibility index (Phi) is 2.27. The van der Waals surface area contributed by atoms with Crippen molar-refractivity contribution in [2.75, 3.05) is 13.2 Å². The molecule has 2 aromatic rings. The highest BCUT2D eigenvalue weighted by molar-refractivity contribution is 5.07. The Morgan fingerprint density at radius 2 is 2.25 bits per heavy atom. The largest absolute Gasteiger partial charge is 0.464 e. The Hall–Kier alpha value is -1.59. The third-order valence-electron chi connectivity index (χ3n) is 2.60. The van der Waals surface area contributed by atoms with Crippen LogP contribution < -0.4 is 0 Å². The summed E-state index contributed by atoms with van der Waals surface area (Å²) < 4.78 is 18.7. The van der Waals surface area contributed by atoms with Crippen molar-refractivity contribution >= 4 is 0 Å². The number of aromatic nitrogens is 2. The summed E-state index contributed by atoms with van der Waals surface area (Å²) in [6.07, 6.45) is 6.95. The number of nitrogens with zero attached hydrogens (tertiary/aromatic N) is 2. The summed E-state index contributed by atoms with van der Waals surface area (Å²) in [7, 11) is 0. The maximum Gasteiger partial charge on any atom is 0.247 e. The molecule has 1 aliphatic heterocycles. The zero-order chi connectivity index (χ0) is 10.8. The number of hydrogen-bond donors (Lipinski definition) is 0. The molecule has 16 heavy (non-hydrogen) atoms. The lowest BCUT2D eigenvalue weighted by Crippen LogP contribution is -2.31. The van der Waals surface area contributed by atoms with Crippen molar-refractivity contribution in [2.45, 2.75) is 12.3 Å². The molecule has 0 N–H and O–H groups in total. The van der Waals surface area contributed by atoms with E-state index in [1.165, 1.54) is 0 Å². The quantitative estimate of drug-likeness (QED) is 0.784. The molecule has 1 saturated heterocycles. The van der Waals surface area contributed by atoms with Gasteiger partial charge >= 0.3 is 0 Å². The molecule has 0 saturated carbocycles. The van der Waals surface area contributed by atoms with Gasteiger partial charge in [0, 0.05) is 12.4 Å². The summed E-state index contributed by atoms with van der Waals surface area (Å²) in [5.41, 5.74) is 0. The fourth-order valence-electron chi connectivity index (χ4n) is 1.88. The molecule has 2 aromatic heterocycles. The smallest absolute Gasteiger partial charge is 0.247 e. The van der Waals surface area contributed by atoms with Crippen LogP contribution in [0, 0.1) is 0 Å². The van der Waals surface area contributed by atoms with Crippen LogP contribution in [0.15, 0.2) is 41.5 Å². The van der Waals surface area contributed by atoms with Crippen molar-refractivity contribution < 1.29 is 13.9 Å². The van der Waals surface area contributed by atoms with Crippen LogP contribution in [0.25, 0.3) is 0 Å². The molecule has 0 bridgehead atoms. The lowest BCUT2D eigenvalue weighted by Gasteiger charge is -2.25. The highest BCUT2D eigenvalue weighted by Crippen LogP contribution is 2.33. The standard InChI is InChI=1S/C11H12N2O3/c1-2-10(14-5-1)11(15-6-7-16-11)8-13-4-3-12-9-13/h1-5,9H,6-8H2. The molecule has 0 aromatic carbocycles. The van der Waals surface area contributed by atoms with Gasteiger partial charge in [0.2, 0.25) is 5.79 Å². The van der Waals surface area contributed by atoms with E-state index in [0.717, 1.165) is 0 Å². The monoisotopic (exact) mass is 220 g/mol. The average Bonchev–Trinajstić information content (AvgIpc) is 3.00. The van der Waals surface area contributed by atoms with Gasteiger partial charge in [-0.3, -0.25) is 0 Å². The molecule has 1 aliphatic rings. The van der Waals surface area contributed by atoms with Crippen LogP contribution in [0.5, 0.6) is 0 Å². The van der Waals surface area contributed by atoms with Gasteiger partial charge in [0.15, 0.2) is 5.76 Å². The van der Waals surface area contributed by atoms with E-state index >= 15 is 0 Å². The molecular formula is C11H12N2O3. The van der Waals surface area contributed by atoms with Gasteiger partial charge in [0.1, 0.15) is 0 Å². The predicted octanol–water partition coefficient (Wildman–Crippen LogP) is 1.38. The first-order valence-corrected chi connectivity index (χ1v) is 5.17. The predicted molar refractivity (Wildman–Crippen MR) is 54.5 cm³/mol. The molecule has 5 nitrogen and oxygen atoms in total. The molecule has 1 fully saturated rings. The minimum Gasteiger partial charge on any atom is -0.464 e. The van der Waals surface area contributed by atoms with Gasteiger partial charge in [0.05, 0.1) is 32.3 Å². The fraction of sp³-hybridized carbons (Fsp3) is 0.364. The SMILES string of the molecule is c1coc(C2(Cn3ccnc3)OCCO2)c1. The highest BCUT2D eigenvalue weighted by Gasteiger charge is 2.41. The van der Waals surface area contributed by atoms with Crippen LogP contribution in [-0.4, -0.2) is 22.8 Å². The topological polar surface area (TPSA) is 49.4 Å². The Labute approximate surface area is 92.6 Å². The maximum atomic E-state index is 5.69. The maximum absolute atomic E-state index is 5.69. The van der Waals surface area contributed by atoms with Crippen molar-refractivity contribution in [3.8, 4) is 0 Å². The van der Waals surface area contributed by atoms with Crippen molar-refractivity contribution in [2.24, 2.45) is 0 Å². The Morgan fingerprint density at radius 1 is 1.38 bits per heavy atom. The molecule has 3 heterocycles. The third-order valence-corrected chi connectivity index (χ3v) is 2.60. The van der Waals surface area contributed by atoms with E-state index < -0.39 is 5.79 Å². The summed E-state index contributed by atoms with van der Waals surface area (Å²) in [6, 6.07) is 3.69. The van der Waals surface area contributed by atoms with E-state index in [2.05, 4.69) is 4.98 Å². The molecule has 0 amide bonds. The van der Waals surface area contributed by atoms with Gasteiger partial charge in [-0.05, 0) is 12.1 Å². The Balaban J connectivity index is 1.91. The van der Waals surface area contributed by atoms with Crippen LogP contribution in [0.3, 0.4) is 0 Å². The van der Waals surface area contributed by atoms with Crippen molar-refractivity contribution in [1.82, 2.24) is 9.55 Å². The lowest BCUT2D eigenvalue weighted by molar-refractivity contribution is -0.188. The van der Waals surface area contributed by atoms with Crippen LogP contribution in [0.4, 0.5) is 0 Å². The van der Waals surface area contributed by atoms with Crippen LogP contribution >= 0.6 is 0 Å². The van der Waals surface area contributed by atoms with Crippen molar-refractivity contribution in [3.05, 3.63) is 42.9 Å². The molecule has 0 spiro atoms. The first-order valence-electron chi connectivity index (χ1n) is 5.17. The van der Waals surface area contributed by atoms with Crippen LogP contribution in [0.1, 0.15) is 5.76 Å². The van der Waals surface area contributed by atoms with Gasteiger partial charge in [-0.1, -0.05) is 0 Å². The first kappa shape index (κ1) is 9.62. The van der Waals surface area contributed by atoms with Gasteiger partial charge in [-0.15, -0.1) is 0 Å². The minimum atomic E-state index is -0.801. The number of rotatable bonds is 3. The van der Waals surface area contributed by atoms with E-state index in [9.17, 15) is 0 Å². The number of ether oxygens (including phenoxy) is 2. The second-order valence-electron chi connectivity index (χ2n) is 3.66. The summed E-state index contributed by atoms with van der Waals surface area (Å²) in [4.78, 5) is 4.00.